The maximum atomic E-state index is 10.4. The molecule has 0 heterocycles. The van der Waals surface area contributed by atoms with Crippen molar-refractivity contribution >= 4 is 16.7 Å². The van der Waals surface area contributed by atoms with Gasteiger partial charge in [-0.3, -0.25) is 0 Å². The molecule has 3 N–H and O–H groups in total. The van der Waals surface area contributed by atoms with Crippen molar-refractivity contribution < 1.29 is 36.9 Å². The third-order valence-electron chi connectivity index (χ3n) is 4.03. The van der Waals surface area contributed by atoms with Gasteiger partial charge in [0.2, 0.25) is 0 Å². The zero-order valence-corrected chi connectivity index (χ0v) is 22.6. The van der Waals surface area contributed by atoms with Crippen LogP contribution in [0.4, 0.5) is 0 Å². The Balaban J connectivity index is -0.000000170. The molecule has 8 nitrogen and oxygen atoms in total. The molecule has 0 amide bonds. The van der Waals surface area contributed by atoms with E-state index < -0.39 is 10.4 Å². The Morgan fingerprint density at radius 3 is 1.18 bits per heavy atom. The van der Waals surface area contributed by atoms with Crippen LogP contribution in [0.3, 0.4) is 0 Å². The summed E-state index contributed by atoms with van der Waals surface area (Å²) in [7, 11) is -3.68. The molecule has 0 atom stereocenters. The predicted molar refractivity (Wildman–Crippen MR) is 135 cm³/mol. The van der Waals surface area contributed by atoms with Crippen molar-refractivity contribution in [2.45, 2.75) is 118 Å². The molecule has 0 aliphatic heterocycles. The molecule has 0 aromatic rings. The first kappa shape index (κ1) is 39.6. The second-order valence-corrected chi connectivity index (χ2v) is 8.52. The quantitative estimate of drug-likeness (QED) is 0.167. The van der Waals surface area contributed by atoms with Gasteiger partial charge < -0.3 is 20.1 Å². The number of aliphatic hydroxyl groups is 3. The van der Waals surface area contributed by atoms with E-state index in [9.17, 15) is 13.2 Å². The van der Waals surface area contributed by atoms with Gasteiger partial charge in [-0.25, -0.2) is 8.37 Å². The van der Waals surface area contributed by atoms with Crippen molar-refractivity contribution in [2.75, 3.05) is 33.0 Å². The first-order valence-corrected chi connectivity index (χ1v) is 14.0. The topological polar surface area (TPSA) is 130 Å². The highest BCUT2D eigenvalue weighted by molar-refractivity contribution is 7.81. The molecule has 0 saturated heterocycles. The van der Waals surface area contributed by atoms with E-state index in [4.69, 9.17) is 15.3 Å². The lowest BCUT2D eigenvalue weighted by Gasteiger charge is -1.99. The van der Waals surface area contributed by atoms with E-state index in [1.807, 2.05) is 0 Å². The minimum atomic E-state index is -3.68. The summed E-state index contributed by atoms with van der Waals surface area (Å²) in [6.07, 6.45) is 16.5. The Bertz CT molecular complexity index is 381. The number of hydrogen-bond donors (Lipinski definition) is 3. The molecular weight excluding hydrogens is 448 g/mol. The fourth-order valence-electron chi connectivity index (χ4n) is 2.27. The van der Waals surface area contributed by atoms with E-state index in [2.05, 4.69) is 22.2 Å². The minimum Gasteiger partial charge on any atom is -0.396 e. The van der Waals surface area contributed by atoms with Crippen LogP contribution in [-0.4, -0.2) is 63.1 Å². The number of unbranched alkanes of at least 4 members (excludes halogenated alkanes) is 11. The van der Waals surface area contributed by atoms with Crippen LogP contribution in [0.5, 0.6) is 0 Å². The Morgan fingerprint density at radius 1 is 0.576 bits per heavy atom. The molecule has 0 unspecified atom stereocenters. The van der Waals surface area contributed by atoms with Crippen LogP contribution in [0.1, 0.15) is 118 Å². The van der Waals surface area contributed by atoms with Crippen molar-refractivity contribution in [3.8, 4) is 0 Å². The summed E-state index contributed by atoms with van der Waals surface area (Å²) < 4.78 is 29.2. The molecule has 0 radical (unpaired) electrons. The van der Waals surface area contributed by atoms with E-state index in [-0.39, 0.29) is 26.4 Å². The summed E-state index contributed by atoms with van der Waals surface area (Å²) in [5.41, 5.74) is 0. The SMILES string of the molecule is CCCCCCC=O.CCCCCCCO.CCOS(=O)(=O)OCC.OCCCCCCO. The molecule has 0 rings (SSSR count). The standard InChI is InChI=1S/C7H16O.C7H14O.C6H14O2.C4H10O4S/c2*1-2-3-4-5-6-7-8;7-5-3-1-2-4-6-8;1-3-7-9(5,6)8-4-2/h8H,2-7H2,1H3;7H,2-6H2,1H3;7-8H,1-6H2;3-4H2,1-2H3. The van der Waals surface area contributed by atoms with Crippen LogP contribution in [0.2, 0.25) is 0 Å². The molecule has 0 aromatic heterocycles. The van der Waals surface area contributed by atoms with Crippen molar-refractivity contribution in [2.24, 2.45) is 0 Å². The van der Waals surface area contributed by atoms with Crippen LogP contribution in [0, 0.1) is 0 Å². The Morgan fingerprint density at radius 2 is 0.909 bits per heavy atom. The summed E-state index contributed by atoms with van der Waals surface area (Å²) in [6.45, 7) is 8.68. The van der Waals surface area contributed by atoms with Crippen molar-refractivity contribution in [1.29, 1.82) is 0 Å². The molecule has 0 bridgehead atoms. The predicted octanol–water partition coefficient (Wildman–Crippen LogP) is 4.94. The van der Waals surface area contributed by atoms with Gasteiger partial charge in [0.1, 0.15) is 6.29 Å². The van der Waals surface area contributed by atoms with Gasteiger partial charge in [0, 0.05) is 26.2 Å². The third-order valence-corrected chi connectivity index (χ3v) is 5.08. The lowest BCUT2D eigenvalue weighted by molar-refractivity contribution is -0.107. The van der Waals surface area contributed by atoms with E-state index in [0.29, 0.717) is 6.61 Å². The van der Waals surface area contributed by atoms with Crippen molar-refractivity contribution in [3.05, 3.63) is 0 Å². The smallest absolute Gasteiger partial charge is 0.396 e. The van der Waals surface area contributed by atoms with Crippen LogP contribution in [0.15, 0.2) is 0 Å². The van der Waals surface area contributed by atoms with Gasteiger partial charge >= 0.3 is 10.4 Å². The number of hydrogen-bond acceptors (Lipinski definition) is 8. The maximum Gasteiger partial charge on any atom is 0.399 e. The Labute approximate surface area is 204 Å². The van der Waals surface area contributed by atoms with Crippen molar-refractivity contribution in [3.63, 3.8) is 0 Å². The average Bonchev–Trinajstić information content (AvgIpc) is 2.79. The van der Waals surface area contributed by atoms with Crippen LogP contribution >= 0.6 is 0 Å². The van der Waals surface area contributed by atoms with Crippen LogP contribution < -0.4 is 0 Å². The Hall–Kier alpha value is -0.580. The number of aldehydes is 1. The first-order chi connectivity index (χ1) is 15.9. The molecule has 0 saturated carbocycles. The summed E-state index contributed by atoms with van der Waals surface area (Å²) in [6, 6.07) is 0. The Kier molecular flexibility index (Phi) is 46.4. The monoisotopic (exact) mass is 502 g/mol. The number of carbonyl (C=O) groups is 1. The summed E-state index contributed by atoms with van der Waals surface area (Å²) in [5.74, 6) is 0. The third kappa shape index (κ3) is 54.1. The molecular formula is C24H54O8S. The van der Waals surface area contributed by atoms with Crippen molar-refractivity contribution in [1.82, 2.24) is 0 Å². The van der Waals surface area contributed by atoms with Gasteiger partial charge in [-0.15, -0.1) is 0 Å². The highest BCUT2D eigenvalue weighted by Gasteiger charge is 2.06. The molecule has 9 heteroatoms. The molecule has 0 aliphatic carbocycles. The molecule has 0 aromatic carbocycles. The lowest BCUT2D eigenvalue weighted by atomic mass is 10.2. The van der Waals surface area contributed by atoms with Crippen LogP contribution in [0.25, 0.3) is 0 Å². The summed E-state index contributed by atoms with van der Waals surface area (Å²) in [4.78, 5) is 9.77. The summed E-state index contributed by atoms with van der Waals surface area (Å²) >= 11 is 0. The fraction of sp³-hybridized carbons (Fsp3) is 0.958. The van der Waals surface area contributed by atoms with Gasteiger partial charge in [-0.1, -0.05) is 71.6 Å². The highest BCUT2D eigenvalue weighted by atomic mass is 32.3. The number of carbonyl (C=O) groups excluding carboxylic acids is 1. The lowest BCUT2D eigenvalue weighted by Crippen LogP contribution is -2.09. The van der Waals surface area contributed by atoms with E-state index in [1.54, 1.807) is 13.8 Å². The van der Waals surface area contributed by atoms with Gasteiger partial charge in [0.25, 0.3) is 0 Å². The van der Waals surface area contributed by atoms with Gasteiger partial charge in [0.15, 0.2) is 0 Å². The van der Waals surface area contributed by atoms with E-state index >= 15 is 0 Å². The average molecular weight is 503 g/mol. The second kappa shape index (κ2) is 38.7. The number of aliphatic hydroxyl groups excluding tert-OH is 3. The van der Waals surface area contributed by atoms with Crippen LogP contribution in [-0.2, 0) is 23.6 Å². The van der Waals surface area contributed by atoms with E-state index in [0.717, 1.165) is 51.2 Å². The normalized spacial score (nSPS) is 10.2. The van der Waals surface area contributed by atoms with Gasteiger partial charge in [0.05, 0.1) is 13.2 Å². The van der Waals surface area contributed by atoms with Gasteiger partial charge in [-0.05, 0) is 39.5 Å². The first-order valence-electron chi connectivity index (χ1n) is 12.7. The maximum absolute atomic E-state index is 10.4. The number of rotatable bonds is 19. The fourth-order valence-corrected chi connectivity index (χ4v) is 2.92. The minimum absolute atomic E-state index is 0.113. The molecule has 0 spiro atoms. The molecule has 204 valence electrons. The molecule has 0 aliphatic rings. The zero-order valence-electron chi connectivity index (χ0n) is 21.8. The largest absolute Gasteiger partial charge is 0.399 e. The molecule has 0 fully saturated rings. The van der Waals surface area contributed by atoms with E-state index in [1.165, 1.54) is 44.9 Å². The highest BCUT2D eigenvalue weighted by Crippen LogP contribution is 2.01. The summed E-state index contributed by atoms with van der Waals surface area (Å²) in [5, 5.41) is 25.0. The second-order valence-electron chi connectivity index (χ2n) is 7.24. The molecule has 33 heavy (non-hydrogen) atoms. The zero-order chi connectivity index (χ0) is 26.1. The van der Waals surface area contributed by atoms with Gasteiger partial charge in [-0.2, -0.15) is 8.42 Å².